The minimum Gasteiger partial charge on any atom is -0.497 e. The second-order valence-electron chi connectivity index (χ2n) is 6.86. The average Bonchev–Trinajstić information content (AvgIpc) is 3.21. The van der Waals surface area contributed by atoms with Crippen molar-refractivity contribution >= 4 is 52.1 Å². The normalized spacial score (nSPS) is 14.4. The summed E-state index contributed by atoms with van der Waals surface area (Å²) in [6.45, 7) is 7.39. The molecular weight excluding hydrogens is 499 g/mol. The first-order valence-corrected chi connectivity index (χ1v) is 10.5. The van der Waals surface area contributed by atoms with E-state index in [2.05, 4.69) is 44.5 Å². The molecule has 2 heterocycles. The highest BCUT2D eigenvalue weighted by molar-refractivity contribution is 14.0. The zero-order valence-corrected chi connectivity index (χ0v) is 20.7. The Hall–Kier alpha value is -1.75. The fourth-order valence-electron chi connectivity index (χ4n) is 3.13. The molecule has 0 aliphatic carbocycles. The highest BCUT2D eigenvalue weighted by atomic mass is 127. The molecule has 2 aromatic rings. The van der Waals surface area contributed by atoms with Crippen molar-refractivity contribution in [3.05, 3.63) is 35.3 Å². The minimum absolute atomic E-state index is 0. The minimum atomic E-state index is 0. The number of aliphatic imine (C=N–C) groups is 1. The first-order valence-electron chi connectivity index (χ1n) is 9.64. The van der Waals surface area contributed by atoms with Crippen LogP contribution in [0.25, 0.3) is 0 Å². The number of thiazole rings is 1. The summed E-state index contributed by atoms with van der Waals surface area (Å²) in [6.07, 6.45) is 0. The molecule has 0 amide bonds. The van der Waals surface area contributed by atoms with Gasteiger partial charge in [0.2, 0.25) is 0 Å². The van der Waals surface area contributed by atoms with E-state index in [0.29, 0.717) is 6.54 Å². The number of guanidine groups is 1. The number of anilines is 2. The second-order valence-corrected chi connectivity index (χ2v) is 7.69. The van der Waals surface area contributed by atoms with Gasteiger partial charge in [0, 0.05) is 57.9 Å². The molecular formula is C20H31IN6OS. The number of ether oxygens (including phenoxy) is 1. The molecule has 9 heteroatoms. The van der Waals surface area contributed by atoms with Gasteiger partial charge in [-0.05, 0) is 31.2 Å². The van der Waals surface area contributed by atoms with Crippen LogP contribution < -0.4 is 19.9 Å². The standard InChI is InChI=1S/C20H30N6OS.HI/c1-5-21-19(22-14-16-15-28-20(23-16)24(2)3)26-12-10-25(11-13-26)17-6-8-18(27-4)9-7-17;/h6-9,15H,5,10-14H2,1-4H3,(H,21,22);1H. The summed E-state index contributed by atoms with van der Waals surface area (Å²) in [5, 5.41) is 6.53. The van der Waals surface area contributed by atoms with Crippen LogP contribution in [0.5, 0.6) is 5.75 Å². The van der Waals surface area contributed by atoms with Crippen LogP contribution >= 0.6 is 35.3 Å². The molecule has 0 unspecified atom stereocenters. The molecule has 7 nitrogen and oxygen atoms in total. The van der Waals surface area contributed by atoms with E-state index in [1.165, 1.54) is 5.69 Å². The third-order valence-corrected chi connectivity index (χ3v) is 5.72. The average molecular weight is 530 g/mol. The molecule has 1 aromatic heterocycles. The Kier molecular flexibility index (Phi) is 9.28. The van der Waals surface area contributed by atoms with Gasteiger partial charge < -0.3 is 24.8 Å². The highest BCUT2D eigenvalue weighted by Crippen LogP contribution is 2.21. The third-order valence-electron chi connectivity index (χ3n) is 4.66. The van der Waals surface area contributed by atoms with Gasteiger partial charge in [-0.1, -0.05) is 0 Å². The van der Waals surface area contributed by atoms with E-state index in [4.69, 9.17) is 9.73 Å². The van der Waals surface area contributed by atoms with Crippen molar-refractivity contribution < 1.29 is 4.74 Å². The summed E-state index contributed by atoms with van der Waals surface area (Å²) in [5.41, 5.74) is 2.25. The fourth-order valence-corrected chi connectivity index (χ4v) is 3.87. The molecule has 0 spiro atoms. The summed E-state index contributed by atoms with van der Waals surface area (Å²) >= 11 is 1.65. The summed E-state index contributed by atoms with van der Waals surface area (Å²) in [6, 6.07) is 8.28. The maximum atomic E-state index is 5.25. The summed E-state index contributed by atoms with van der Waals surface area (Å²) in [7, 11) is 5.72. The number of nitrogens with zero attached hydrogens (tertiary/aromatic N) is 5. The number of hydrogen-bond acceptors (Lipinski definition) is 6. The van der Waals surface area contributed by atoms with Gasteiger partial charge in [0.25, 0.3) is 0 Å². The molecule has 160 valence electrons. The van der Waals surface area contributed by atoms with Crippen molar-refractivity contribution in [2.45, 2.75) is 13.5 Å². The van der Waals surface area contributed by atoms with Crippen LogP contribution in [0.3, 0.4) is 0 Å². The van der Waals surface area contributed by atoms with Crippen molar-refractivity contribution in [3.8, 4) is 5.75 Å². The zero-order chi connectivity index (χ0) is 19.9. The fraction of sp³-hybridized carbons (Fsp3) is 0.500. The Morgan fingerprint density at radius 1 is 1.21 bits per heavy atom. The van der Waals surface area contributed by atoms with E-state index >= 15 is 0 Å². The number of methoxy groups -OCH3 is 1. The predicted octanol–water partition coefficient (Wildman–Crippen LogP) is 3.12. The van der Waals surface area contributed by atoms with E-state index in [9.17, 15) is 0 Å². The number of halogens is 1. The molecule has 3 rings (SSSR count). The topological polar surface area (TPSA) is 56.2 Å². The van der Waals surface area contributed by atoms with E-state index < -0.39 is 0 Å². The Bertz CT molecular complexity index is 772. The van der Waals surface area contributed by atoms with Crippen LogP contribution in [0.2, 0.25) is 0 Å². The van der Waals surface area contributed by atoms with Gasteiger partial charge in [-0.25, -0.2) is 9.98 Å². The molecule has 29 heavy (non-hydrogen) atoms. The SMILES string of the molecule is CCNC(=NCc1csc(N(C)C)n1)N1CCN(c2ccc(OC)cc2)CC1.I. The number of rotatable bonds is 6. The number of piperazine rings is 1. The molecule has 1 saturated heterocycles. The van der Waals surface area contributed by atoms with Gasteiger partial charge >= 0.3 is 0 Å². The lowest BCUT2D eigenvalue weighted by Crippen LogP contribution is -2.52. The van der Waals surface area contributed by atoms with Crippen molar-refractivity contribution in [2.75, 3.05) is 63.7 Å². The van der Waals surface area contributed by atoms with Gasteiger partial charge in [-0.15, -0.1) is 35.3 Å². The number of hydrogen-bond donors (Lipinski definition) is 1. The molecule has 1 aliphatic heterocycles. The van der Waals surface area contributed by atoms with Gasteiger partial charge in [0.15, 0.2) is 11.1 Å². The van der Waals surface area contributed by atoms with Crippen molar-refractivity contribution in [1.29, 1.82) is 0 Å². The van der Waals surface area contributed by atoms with Crippen LogP contribution in [0.1, 0.15) is 12.6 Å². The lowest BCUT2D eigenvalue weighted by Gasteiger charge is -2.37. The first-order chi connectivity index (χ1) is 13.6. The van der Waals surface area contributed by atoms with Gasteiger partial charge in [0.05, 0.1) is 19.3 Å². The van der Waals surface area contributed by atoms with Crippen molar-refractivity contribution in [2.24, 2.45) is 4.99 Å². The van der Waals surface area contributed by atoms with Crippen LogP contribution in [-0.2, 0) is 6.54 Å². The maximum Gasteiger partial charge on any atom is 0.194 e. The van der Waals surface area contributed by atoms with E-state index in [0.717, 1.165) is 55.3 Å². The lowest BCUT2D eigenvalue weighted by atomic mass is 10.2. The molecule has 1 aliphatic rings. The van der Waals surface area contributed by atoms with Crippen LogP contribution in [0, 0.1) is 0 Å². The summed E-state index contributed by atoms with van der Waals surface area (Å²) in [5.74, 6) is 1.86. The zero-order valence-electron chi connectivity index (χ0n) is 17.6. The maximum absolute atomic E-state index is 5.25. The van der Waals surface area contributed by atoms with Crippen molar-refractivity contribution in [3.63, 3.8) is 0 Å². The van der Waals surface area contributed by atoms with Crippen LogP contribution in [0.4, 0.5) is 10.8 Å². The smallest absolute Gasteiger partial charge is 0.194 e. The van der Waals surface area contributed by atoms with Gasteiger partial charge in [-0.2, -0.15) is 0 Å². The molecule has 1 N–H and O–H groups in total. The van der Waals surface area contributed by atoms with Crippen LogP contribution in [0.15, 0.2) is 34.6 Å². The number of aromatic nitrogens is 1. The third kappa shape index (κ3) is 6.36. The number of nitrogens with one attached hydrogen (secondary N) is 1. The first kappa shape index (κ1) is 23.5. The second kappa shape index (κ2) is 11.4. The van der Waals surface area contributed by atoms with E-state index in [-0.39, 0.29) is 24.0 Å². The molecule has 1 aromatic carbocycles. The summed E-state index contributed by atoms with van der Waals surface area (Å²) in [4.78, 5) is 16.2. The van der Waals surface area contributed by atoms with E-state index in [1.807, 2.05) is 31.1 Å². The molecule has 0 bridgehead atoms. The number of benzene rings is 1. The van der Waals surface area contributed by atoms with Gasteiger partial charge in [0.1, 0.15) is 5.75 Å². The van der Waals surface area contributed by atoms with Crippen LogP contribution in [-0.4, -0.2) is 69.8 Å². The largest absolute Gasteiger partial charge is 0.497 e. The molecule has 0 saturated carbocycles. The predicted molar refractivity (Wildman–Crippen MR) is 133 cm³/mol. The Balaban J connectivity index is 0.00000300. The molecule has 1 fully saturated rings. The quantitative estimate of drug-likeness (QED) is 0.352. The van der Waals surface area contributed by atoms with Crippen molar-refractivity contribution in [1.82, 2.24) is 15.2 Å². The highest BCUT2D eigenvalue weighted by Gasteiger charge is 2.20. The lowest BCUT2D eigenvalue weighted by molar-refractivity contribution is 0.372. The van der Waals surface area contributed by atoms with Gasteiger partial charge in [-0.3, -0.25) is 0 Å². The molecule has 0 radical (unpaired) electrons. The Labute approximate surface area is 194 Å². The monoisotopic (exact) mass is 530 g/mol. The molecule has 0 atom stereocenters. The van der Waals surface area contributed by atoms with E-state index in [1.54, 1.807) is 18.4 Å². The summed E-state index contributed by atoms with van der Waals surface area (Å²) < 4.78 is 5.25. The Morgan fingerprint density at radius 2 is 1.90 bits per heavy atom. The Morgan fingerprint density at radius 3 is 2.45 bits per heavy atom.